The minimum Gasteiger partial charge on any atom is -0.323 e. The second kappa shape index (κ2) is 5.55. The van der Waals surface area contributed by atoms with Crippen molar-refractivity contribution in [2.45, 2.75) is 33.2 Å². The summed E-state index contributed by atoms with van der Waals surface area (Å²) in [5, 5.41) is 0. The van der Waals surface area contributed by atoms with E-state index in [1.165, 1.54) is 30.9 Å². The van der Waals surface area contributed by atoms with Crippen LogP contribution in [-0.2, 0) is 6.42 Å². The summed E-state index contributed by atoms with van der Waals surface area (Å²) in [6.07, 6.45) is 0.908. The molecule has 0 saturated carbocycles. The maximum absolute atomic E-state index is 6.34. The van der Waals surface area contributed by atoms with Gasteiger partial charge in [0, 0.05) is 10.9 Å². The molecular weight excluding hydrogens is 306 g/mol. The number of rotatable bonds is 3. The quantitative estimate of drug-likeness (QED) is 0.872. The molecule has 1 heterocycles. The standard InChI is InChI=1S/C15H18BrNS/c1-9-5-4-6-10(2)12(9)8-13(17)14-7-11(3)15(16)18-14/h4-7,13H,8,17H2,1-3H3. The van der Waals surface area contributed by atoms with Gasteiger partial charge in [-0.2, -0.15) is 0 Å². The van der Waals surface area contributed by atoms with Crippen molar-refractivity contribution < 1.29 is 0 Å². The molecule has 0 amide bonds. The van der Waals surface area contributed by atoms with E-state index in [9.17, 15) is 0 Å². The fraction of sp³-hybridized carbons (Fsp3) is 0.333. The topological polar surface area (TPSA) is 26.0 Å². The fourth-order valence-electron chi connectivity index (χ4n) is 2.16. The van der Waals surface area contributed by atoms with Crippen LogP contribution in [0.15, 0.2) is 28.1 Å². The lowest BCUT2D eigenvalue weighted by molar-refractivity contribution is 0.729. The zero-order valence-corrected chi connectivity index (χ0v) is 13.4. The number of aryl methyl sites for hydroxylation is 3. The molecule has 0 aliphatic carbocycles. The van der Waals surface area contributed by atoms with E-state index in [0.717, 1.165) is 6.42 Å². The summed E-state index contributed by atoms with van der Waals surface area (Å²) in [6, 6.07) is 8.69. The lowest BCUT2D eigenvalue weighted by Crippen LogP contribution is -2.13. The Morgan fingerprint density at radius 1 is 1.17 bits per heavy atom. The van der Waals surface area contributed by atoms with Crippen LogP contribution in [0, 0.1) is 20.8 Å². The Balaban J connectivity index is 2.23. The zero-order chi connectivity index (χ0) is 13.3. The fourth-order valence-corrected chi connectivity index (χ4v) is 3.73. The van der Waals surface area contributed by atoms with Crippen molar-refractivity contribution in [3.63, 3.8) is 0 Å². The Morgan fingerprint density at radius 3 is 2.28 bits per heavy atom. The normalized spacial score (nSPS) is 12.7. The van der Waals surface area contributed by atoms with Crippen LogP contribution in [0.4, 0.5) is 0 Å². The molecule has 0 saturated heterocycles. The largest absolute Gasteiger partial charge is 0.323 e. The summed E-state index contributed by atoms with van der Waals surface area (Å²) in [5.41, 5.74) is 11.7. The summed E-state index contributed by atoms with van der Waals surface area (Å²) in [4.78, 5) is 1.25. The van der Waals surface area contributed by atoms with Gasteiger partial charge in [-0.3, -0.25) is 0 Å². The van der Waals surface area contributed by atoms with Gasteiger partial charge >= 0.3 is 0 Å². The van der Waals surface area contributed by atoms with Gasteiger partial charge in [0.05, 0.1) is 3.79 Å². The molecule has 0 radical (unpaired) electrons. The van der Waals surface area contributed by atoms with Crippen LogP contribution in [0.2, 0.25) is 0 Å². The molecule has 0 aliphatic heterocycles. The lowest BCUT2D eigenvalue weighted by Gasteiger charge is -2.14. The number of thiophene rings is 1. The first kappa shape index (κ1) is 13.8. The molecule has 2 N–H and O–H groups in total. The molecule has 96 valence electrons. The summed E-state index contributed by atoms with van der Waals surface area (Å²) in [6.45, 7) is 6.42. The summed E-state index contributed by atoms with van der Waals surface area (Å²) >= 11 is 5.31. The molecule has 3 heteroatoms. The van der Waals surface area contributed by atoms with E-state index < -0.39 is 0 Å². The first-order chi connectivity index (χ1) is 8.49. The molecule has 1 nitrogen and oxygen atoms in total. The molecule has 1 unspecified atom stereocenters. The van der Waals surface area contributed by atoms with Crippen LogP contribution in [0.25, 0.3) is 0 Å². The minimum atomic E-state index is 0.0831. The van der Waals surface area contributed by atoms with Crippen LogP contribution in [-0.4, -0.2) is 0 Å². The highest BCUT2D eigenvalue weighted by atomic mass is 79.9. The minimum absolute atomic E-state index is 0.0831. The van der Waals surface area contributed by atoms with Crippen molar-refractivity contribution in [2.24, 2.45) is 5.73 Å². The Labute approximate surface area is 121 Å². The second-order valence-corrected chi connectivity index (χ2v) is 7.19. The third kappa shape index (κ3) is 2.85. The van der Waals surface area contributed by atoms with Crippen LogP contribution < -0.4 is 5.73 Å². The van der Waals surface area contributed by atoms with Gasteiger partial charge in [-0.05, 0) is 71.4 Å². The van der Waals surface area contributed by atoms with Crippen molar-refractivity contribution in [2.75, 3.05) is 0 Å². The Kier molecular flexibility index (Phi) is 4.25. The van der Waals surface area contributed by atoms with Crippen LogP contribution in [0.1, 0.15) is 33.2 Å². The molecule has 0 bridgehead atoms. The predicted molar refractivity (Wildman–Crippen MR) is 83.3 cm³/mol. The predicted octanol–water partition coefficient (Wildman–Crippen LogP) is 4.68. The van der Waals surface area contributed by atoms with E-state index >= 15 is 0 Å². The van der Waals surface area contributed by atoms with Gasteiger partial charge < -0.3 is 5.73 Å². The molecule has 0 spiro atoms. The Morgan fingerprint density at radius 2 is 1.78 bits per heavy atom. The van der Waals surface area contributed by atoms with E-state index in [4.69, 9.17) is 5.73 Å². The second-order valence-electron chi connectivity index (χ2n) is 4.79. The maximum Gasteiger partial charge on any atom is 0.0731 e. The highest BCUT2D eigenvalue weighted by molar-refractivity contribution is 9.11. The Hall–Kier alpha value is -0.640. The van der Waals surface area contributed by atoms with Crippen molar-refractivity contribution >= 4 is 27.3 Å². The number of hydrogen-bond donors (Lipinski definition) is 1. The van der Waals surface area contributed by atoms with E-state index in [-0.39, 0.29) is 6.04 Å². The molecule has 1 atom stereocenters. The highest BCUT2D eigenvalue weighted by Crippen LogP contribution is 2.32. The van der Waals surface area contributed by atoms with Gasteiger partial charge in [0.15, 0.2) is 0 Å². The average molecular weight is 324 g/mol. The molecule has 1 aromatic carbocycles. The molecular formula is C15H18BrNS. The number of benzene rings is 1. The number of halogens is 1. The van der Waals surface area contributed by atoms with E-state index in [2.05, 4.69) is 61.0 Å². The third-order valence-electron chi connectivity index (χ3n) is 3.31. The maximum atomic E-state index is 6.34. The first-order valence-corrected chi connectivity index (χ1v) is 7.66. The summed E-state index contributed by atoms with van der Waals surface area (Å²) in [7, 11) is 0. The van der Waals surface area contributed by atoms with Crippen LogP contribution >= 0.6 is 27.3 Å². The summed E-state index contributed by atoms with van der Waals surface area (Å²) < 4.78 is 1.19. The molecule has 18 heavy (non-hydrogen) atoms. The first-order valence-electron chi connectivity index (χ1n) is 6.05. The average Bonchev–Trinajstić information content (AvgIpc) is 2.64. The Bertz CT molecular complexity index is 520. The van der Waals surface area contributed by atoms with Crippen molar-refractivity contribution in [1.82, 2.24) is 0 Å². The lowest BCUT2D eigenvalue weighted by atomic mass is 9.96. The van der Waals surface area contributed by atoms with Crippen LogP contribution in [0.3, 0.4) is 0 Å². The van der Waals surface area contributed by atoms with E-state index in [0.29, 0.717) is 0 Å². The SMILES string of the molecule is Cc1cc(C(N)Cc2c(C)cccc2C)sc1Br. The van der Waals surface area contributed by atoms with Gasteiger partial charge in [-0.15, -0.1) is 11.3 Å². The molecule has 2 aromatic rings. The van der Waals surface area contributed by atoms with E-state index in [1.807, 2.05) is 0 Å². The molecule has 2 rings (SSSR count). The molecule has 0 fully saturated rings. The monoisotopic (exact) mass is 323 g/mol. The van der Waals surface area contributed by atoms with Gasteiger partial charge in [0.1, 0.15) is 0 Å². The van der Waals surface area contributed by atoms with Crippen molar-refractivity contribution in [3.05, 3.63) is 55.2 Å². The van der Waals surface area contributed by atoms with Gasteiger partial charge in [0.25, 0.3) is 0 Å². The van der Waals surface area contributed by atoms with Gasteiger partial charge in [-0.25, -0.2) is 0 Å². The van der Waals surface area contributed by atoms with Gasteiger partial charge in [0.2, 0.25) is 0 Å². The number of nitrogens with two attached hydrogens (primary N) is 1. The zero-order valence-electron chi connectivity index (χ0n) is 11.0. The van der Waals surface area contributed by atoms with Crippen molar-refractivity contribution in [1.29, 1.82) is 0 Å². The van der Waals surface area contributed by atoms with E-state index in [1.54, 1.807) is 11.3 Å². The smallest absolute Gasteiger partial charge is 0.0731 e. The van der Waals surface area contributed by atoms with Gasteiger partial charge in [-0.1, -0.05) is 18.2 Å². The summed E-state index contributed by atoms with van der Waals surface area (Å²) in [5.74, 6) is 0. The van der Waals surface area contributed by atoms with Crippen LogP contribution in [0.5, 0.6) is 0 Å². The molecule has 0 aliphatic rings. The van der Waals surface area contributed by atoms with Crippen molar-refractivity contribution in [3.8, 4) is 0 Å². The highest BCUT2D eigenvalue weighted by Gasteiger charge is 2.14. The third-order valence-corrected chi connectivity index (χ3v) is 5.58. The number of hydrogen-bond acceptors (Lipinski definition) is 2. The molecule has 1 aromatic heterocycles.